The van der Waals surface area contributed by atoms with E-state index < -0.39 is 0 Å². The largest absolute Gasteiger partial charge is 0.366 e. The summed E-state index contributed by atoms with van der Waals surface area (Å²) in [4.78, 5) is 4.57. The third-order valence-corrected chi connectivity index (χ3v) is 4.15. The van der Waals surface area contributed by atoms with Gasteiger partial charge in [-0.05, 0) is 63.0 Å². The van der Waals surface area contributed by atoms with Gasteiger partial charge in [0.1, 0.15) is 11.9 Å². The molecule has 0 aliphatic heterocycles. The van der Waals surface area contributed by atoms with Crippen molar-refractivity contribution in [1.82, 2.24) is 4.98 Å². The van der Waals surface area contributed by atoms with E-state index in [9.17, 15) is 5.26 Å². The van der Waals surface area contributed by atoms with Crippen LogP contribution >= 0.6 is 0 Å². The summed E-state index contributed by atoms with van der Waals surface area (Å²) >= 11 is 0. The van der Waals surface area contributed by atoms with Gasteiger partial charge >= 0.3 is 0 Å². The van der Waals surface area contributed by atoms with Crippen molar-refractivity contribution in [2.45, 2.75) is 45.6 Å². The van der Waals surface area contributed by atoms with Crippen molar-refractivity contribution in [2.75, 3.05) is 5.32 Å². The van der Waals surface area contributed by atoms with Gasteiger partial charge in [-0.25, -0.2) is 4.98 Å². The molecule has 94 valence electrons. The van der Waals surface area contributed by atoms with E-state index in [0.29, 0.717) is 11.6 Å². The first-order valence-electron chi connectivity index (χ1n) is 6.84. The standard InChI is InChI=1S/C15H19N3/c1-9-7-13(8-16)15(17-10(9)2)18-14(11-3-4-11)12-5-6-12/h7,11-12,14H,3-6H2,1-2H3,(H,17,18). The van der Waals surface area contributed by atoms with E-state index >= 15 is 0 Å². The zero-order valence-corrected chi connectivity index (χ0v) is 11.0. The quantitative estimate of drug-likeness (QED) is 0.880. The van der Waals surface area contributed by atoms with Crippen LogP contribution in [0.4, 0.5) is 5.82 Å². The highest BCUT2D eigenvalue weighted by molar-refractivity contribution is 5.55. The molecule has 2 fully saturated rings. The number of hydrogen-bond acceptors (Lipinski definition) is 3. The highest BCUT2D eigenvalue weighted by Gasteiger charge is 2.41. The molecule has 3 rings (SSSR count). The molecule has 0 radical (unpaired) electrons. The number of nitrogens with one attached hydrogen (secondary N) is 1. The minimum absolute atomic E-state index is 0.548. The van der Waals surface area contributed by atoms with E-state index in [4.69, 9.17) is 0 Å². The lowest BCUT2D eigenvalue weighted by atomic mass is 10.1. The van der Waals surface area contributed by atoms with Crippen LogP contribution in [0.5, 0.6) is 0 Å². The zero-order chi connectivity index (χ0) is 12.7. The van der Waals surface area contributed by atoms with Crippen LogP contribution in [0.15, 0.2) is 6.07 Å². The lowest BCUT2D eigenvalue weighted by molar-refractivity contribution is 0.565. The maximum atomic E-state index is 9.23. The fraction of sp³-hybridized carbons (Fsp3) is 0.600. The summed E-state index contributed by atoms with van der Waals surface area (Å²) < 4.78 is 0. The molecular formula is C15H19N3. The second-order valence-electron chi connectivity index (χ2n) is 5.74. The highest BCUT2D eigenvalue weighted by Crippen LogP contribution is 2.45. The number of hydrogen-bond donors (Lipinski definition) is 1. The summed E-state index contributed by atoms with van der Waals surface area (Å²) in [6.07, 6.45) is 5.34. The van der Waals surface area contributed by atoms with Crippen molar-refractivity contribution in [3.8, 4) is 6.07 Å². The minimum Gasteiger partial charge on any atom is -0.366 e. The Hall–Kier alpha value is -1.56. The summed E-state index contributed by atoms with van der Waals surface area (Å²) in [6, 6.07) is 4.76. The molecule has 0 saturated heterocycles. The fourth-order valence-electron chi connectivity index (χ4n) is 2.59. The van der Waals surface area contributed by atoms with Gasteiger partial charge in [-0.2, -0.15) is 5.26 Å². The Morgan fingerprint density at radius 3 is 2.39 bits per heavy atom. The van der Waals surface area contributed by atoms with E-state index in [-0.39, 0.29) is 0 Å². The molecule has 0 atom stereocenters. The predicted molar refractivity (Wildman–Crippen MR) is 71.3 cm³/mol. The first-order chi connectivity index (χ1) is 8.69. The molecule has 2 aliphatic rings. The summed E-state index contributed by atoms with van der Waals surface area (Å²) in [5.41, 5.74) is 2.79. The molecule has 0 unspecified atom stereocenters. The summed E-state index contributed by atoms with van der Waals surface area (Å²) in [7, 11) is 0. The second-order valence-corrected chi connectivity index (χ2v) is 5.74. The maximum Gasteiger partial charge on any atom is 0.144 e. The first-order valence-corrected chi connectivity index (χ1v) is 6.84. The number of nitriles is 1. The molecule has 18 heavy (non-hydrogen) atoms. The van der Waals surface area contributed by atoms with Crippen molar-refractivity contribution >= 4 is 5.82 Å². The van der Waals surface area contributed by atoms with Gasteiger partial charge in [0.25, 0.3) is 0 Å². The van der Waals surface area contributed by atoms with Crippen LogP contribution in [0.1, 0.15) is 42.5 Å². The molecule has 3 nitrogen and oxygen atoms in total. The lowest BCUT2D eigenvalue weighted by Gasteiger charge is -2.19. The topological polar surface area (TPSA) is 48.7 Å². The molecular weight excluding hydrogens is 222 g/mol. The highest BCUT2D eigenvalue weighted by atomic mass is 15.0. The average Bonchev–Trinajstić information content (AvgIpc) is 3.22. The molecule has 2 saturated carbocycles. The second kappa shape index (κ2) is 4.28. The minimum atomic E-state index is 0.548. The third kappa shape index (κ3) is 2.20. The molecule has 1 aromatic rings. The summed E-state index contributed by atoms with van der Waals surface area (Å²) in [5.74, 6) is 2.42. The van der Waals surface area contributed by atoms with Gasteiger partial charge in [0.15, 0.2) is 0 Å². The maximum absolute atomic E-state index is 9.23. The molecule has 1 aromatic heterocycles. The van der Waals surface area contributed by atoms with Crippen LogP contribution < -0.4 is 5.32 Å². The number of nitrogens with zero attached hydrogens (tertiary/aromatic N) is 2. The van der Waals surface area contributed by atoms with Crippen LogP contribution in [0.25, 0.3) is 0 Å². The average molecular weight is 241 g/mol. The number of rotatable bonds is 4. The lowest BCUT2D eigenvalue weighted by Crippen LogP contribution is -2.25. The van der Waals surface area contributed by atoms with Gasteiger partial charge in [0.2, 0.25) is 0 Å². The number of anilines is 1. The smallest absolute Gasteiger partial charge is 0.144 e. The molecule has 0 aromatic carbocycles. The van der Waals surface area contributed by atoms with Crippen molar-refractivity contribution in [2.24, 2.45) is 11.8 Å². The monoisotopic (exact) mass is 241 g/mol. The van der Waals surface area contributed by atoms with Crippen LogP contribution in [0.3, 0.4) is 0 Å². The van der Waals surface area contributed by atoms with Crippen molar-refractivity contribution in [3.63, 3.8) is 0 Å². The van der Waals surface area contributed by atoms with Crippen molar-refractivity contribution < 1.29 is 0 Å². The Labute approximate surface area is 108 Å². The number of aryl methyl sites for hydroxylation is 2. The number of aromatic nitrogens is 1. The summed E-state index contributed by atoms with van der Waals surface area (Å²) in [5, 5.41) is 12.8. The van der Waals surface area contributed by atoms with Gasteiger partial charge in [-0.1, -0.05) is 0 Å². The van der Waals surface area contributed by atoms with E-state index in [1.165, 1.54) is 25.7 Å². The van der Waals surface area contributed by atoms with Gasteiger partial charge in [0.05, 0.1) is 5.56 Å². The molecule has 3 heteroatoms. The fourth-order valence-corrected chi connectivity index (χ4v) is 2.59. The Morgan fingerprint density at radius 2 is 1.89 bits per heavy atom. The van der Waals surface area contributed by atoms with Gasteiger partial charge < -0.3 is 5.32 Å². The van der Waals surface area contributed by atoms with E-state index in [1.54, 1.807) is 0 Å². The Bertz CT molecular complexity index is 495. The van der Waals surface area contributed by atoms with Gasteiger partial charge in [0, 0.05) is 11.7 Å². The molecule has 1 heterocycles. The summed E-state index contributed by atoms with van der Waals surface area (Å²) in [6.45, 7) is 4.01. The Kier molecular flexibility index (Phi) is 2.74. The van der Waals surface area contributed by atoms with E-state index in [1.807, 2.05) is 19.9 Å². The van der Waals surface area contributed by atoms with E-state index in [2.05, 4.69) is 16.4 Å². The Balaban J connectivity index is 1.86. The molecule has 2 aliphatic carbocycles. The normalized spacial score (nSPS) is 18.8. The Morgan fingerprint density at radius 1 is 1.28 bits per heavy atom. The van der Waals surface area contributed by atoms with Crippen LogP contribution in [-0.4, -0.2) is 11.0 Å². The molecule has 1 N–H and O–H groups in total. The molecule has 0 amide bonds. The van der Waals surface area contributed by atoms with Crippen LogP contribution in [-0.2, 0) is 0 Å². The van der Waals surface area contributed by atoms with Gasteiger partial charge in [-0.3, -0.25) is 0 Å². The molecule has 0 spiro atoms. The van der Waals surface area contributed by atoms with Crippen molar-refractivity contribution in [1.29, 1.82) is 5.26 Å². The van der Waals surface area contributed by atoms with Gasteiger partial charge in [-0.15, -0.1) is 0 Å². The van der Waals surface area contributed by atoms with Crippen molar-refractivity contribution in [3.05, 3.63) is 22.9 Å². The third-order valence-electron chi connectivity index (χ3n) is 4.15. The van der Waals surface area contributed by atoms with Crippen LogP contribution in [0.2, 0.25) is 0 Å². The van der Waals surface area contributed by atoms with E-state index in [0.717, 1.165) is 28.9 Å². The van der Waals surface area contributed by atoms with Crippen LogP contribution in [0, 0.1) is 37.0 Å². The number of pyridine rings is 1. The molecule has 0 bridgehead atoms. The first kappa shape index (κ1) is 11.5. The predicted octanol–water partition coefficient (Wildman–Crippen LogP) is 3.17. The zero-order valence-electron chi connectivity index (χ0n) is 11.0. The SMILES string of the molecule is Cc1cc(C#N)c(NC(C2CC2)C2CC2)nc1C.